The standard InChI is InChI=1S/C32H28N2O7/c1-38-25-15-17-29(18-16-25)41-28-13-9-24(10-14-28)34-20-22(19-31(34)36)32(37)39-21-30(35)33-23-7-11-27(12-8-23)40-26-5-3-2-4-6-26/h2-18,22H,19-21H2,1H3,(H,33,35)/t22-/m1/s1. The van der Waals surface area contributed by atoms with E-state index in [1.54, 1.807) is 79.9 Å². The highest BCUT2D eigenvalue weighted by Crippen LogP contribution is 2.30. The van der Waals surface area contributed by atoms with Crippen LogP contribution in [-0.2, 0) is 19.1 Å². The lowest BCUT2D eigenvalue weighted by atomic mass is 10.1. The summed E-state index contributed by atoms with van der Waals surface area (Å²) in [7, 11) is 1.60. The first-order valence-electron chi connectivity index (χ1n) is 13.0. The number of esters is 1. The molecule has 0 bridgehead atoms. The Kier molecular flexibility index (Phi) is 8.44. The smallest absolute Gasteiger partial charge is 0.311 e. The maximum Gasteiger partial charge on any atom is 0.311 e. The Morgan fingerprint density at radius 2 is 1.29 bits per heavy atom. The second kappa shape index (κ2) is 12.7. The zero-order valence-electron chi connectivity index (χ0n) is 22.3. The van der Waals surface area contributed by atoms with Crippen LogP contribution in [0.25, 0.3) is 0 Å². The molecule has 9 nitrogen and oxygen atoms in total. The molecule has 4 aromatic rings. The lowest BCUT2D eigenvalue weighted by Gasteiger charge is -2.17. The van der Waals surface area contributed by atoms with Gasteiger partial charge in [-0.2, -0.15) is 0 Å². The predicted octanol–water partition coefficient (Wildman–Crippen LogP) is 5.81. The Morgan fingerprint density at radius 1 is 0.756 bits per heavy atom. The molecule has 5 rings (SSSR count). The summed E-state index contributed by atoms with van der Waals surface area (Å²) in [6, 6.07) is 30.4. The first kappa shape index (κ1) is 27.3. The molecule has 0 saturated carbocycles. The monoisotopic (exact) mass is 552 g/mol. The number of nitrogens with one attached hydrogen (secondary N) is 1. The van der Waals surface area contributed by atoms with Crippen molar-refractivity contribution in [1.82, 2.24) is 0 Å². The van der Waals surface area contributed by atoms with Crippen LogP contribution in [0.5, 0.6) is 28.7 Å². The summed E-state index contributed by atoms with van der Waals surface area (Å²) < 4.78 is 21.9. The van der Waals surface area contributed by atoms with Crippen molar-refractivity contribution in [2.24, 2.45) is 5.92 Å². The number of benzene rings is 4. The first-order valence-corrected chi connectivity index (χ1v) is 13.0. The molecule has 0 unspecified atom stereocenters. The van der Waals surface area contributed by atoms with Gasteiger partial charge in [-0.3, -0.25) is 14.4 Å². The van der Waals surface area contributed by atoms with Crippen molar-refractivity contribution in [3.63, 3.8) is 0 Å². The number of anilines is 2. The van der Waals surface area contributed by atoms with E-state index >= 15 is 0 Å². The SMILES string of the molecule is COc1ccc(Oc2ccc(N3C[C@H](C(=O)OCC(=O)Nc4ccc(Oc5ccccc5)cc4)CC3=O)cc2)cc1. The maximum absolute atomic E-state index is 12.6. The van der Waals surface area contributed by atoms with Crippen LogP contribution in [0.15, 0.2) is 103 Å². The summed E-state index contributed by atoms with van der Waals surface area (Å²) in [6.45, 7) is -0.288. The Labute approximate surface area is 237 Å². The van der Waals surface area contributed by atoms with Gasteiger partial charge >= 0.3 is 5.97 Å². The van der Waals surface area contributed by atoms with E-state index in [4.69, 9.17) is 18.9 Å². The van der Waals surface area contributed by atoms with Crippen molar-refractivity contribution in [3.8, 4) is 28.7 Å². The molecule has 0 aromatic heterocycles. The molecule has 1 aliphatic rings. The molecule has 1 heterocycles. The minimum absolute atomic E-state index is 0.00737. The quantitative estimate of drug-likeness (QED) is 0.248. The molecule has 1 fully saturated rings. The molecule has 9 heteroatoms. The number of rotatable bonds is 10. The van der Waals surface area contributed by atoms with E-state index in [1.165, 1.54) is 4.90 Å². The summed E-state index contributed by atoms with van der Waals surface area (Å²) in [5, 5.41) is 2.68. The fraction of sp³-hybridized carbons (Fsp3) is 0.156. The lowest BCUT2D eigenvalue weighted by molar-refractivity contribution is -0.151. The lowest BCUT2D eigenvalue weighted by Crippen LogP contribution is -2.28. The van der Waals surface area contributed by atoms with Gasteiger partial charge in [-0.1, -0.05) is 18.2 Å². The fourth-order valence-electron chi connectivity index (χ4n) is 4.27. The summed E-state index contributed by atoms with van der Waals surface area (Å²) in [5.41, 5.74) is 1.18. The molecule has 1 N–H and O–H groups in total. The van der Waals surface area contributed by atoms with Crippen LogP contribution in [0.4, 0.5) is 11.4 Å². The van der Waals surface area contributed by atoms with Crippen molar-refractivity contribution in [2.75, 3.05) is 30.5 Å². The summed E-state index contributed by atoms with van der Waals surface area (Å²) in [4.78, 5) is 39.1. The molecule has 1 saturated heterocycles. The number of hydrogen-bond donors (Lipinski definition) is 1. The van der Waals surface area contributed by atoms with E-state index in [0.717, 1.165) is 5.75 Å². The Balaban J connectivity index is 1.08. The van der Waals surface area contributed by atoms with Crippen LogP contribution in [-0.4, -0.2) is 38.0 Å². The molecule has 4 aromatic carbocycles. The summed E-state index contributed by atoms with van der Waals surface area (Å²) in [6.07, 6.45) is 0.00737. The number of amides is 2. The summed E-state index contributed by atoms with van der Waals surface area (Å²) >= 11 is 0. The van der Waals surface area contributed by atoms with Crippen LogP contribution in [0.3, 0.4) is 0 Å². The molecular formula is C32H28N2O7. The van der Waals surface area contributed by atoms with Crippen molar-refractivity contribution >= 4 is 29.2 Å². The minimum Gasteiger partial charge on any atom is -0.497 e. The first-order chi connectivity index (χ1) is 20.0. The van der Waals surface area contributed by atoms with Crippen molar-refractivity contribution in [1.29, 1.82) is 0 Å². The van der Waals surface area contributed by atoms with Gasteiger partial charge in [0.15, 0.2) is 6.61 Å². The summed E-state index contributed by atoms with van der Waals surface area (Å²) in [5.74, 6) is 1.37. The number of nitrogens with zero attached hydrogens (tertiary/aromatic N) is 1. The van der Waals surface area contributed by atoms with Crippen LogP contribution in [0, 0.1) is 5.92 Å². The number of hydrogen-bond acceptors (Lipinski definition) is 7. The third-order valence-electron chi connectivity index (χ3n) is 6.36. The largest absolute Gasteiger partial charge is 0.497 e. The number of para-hydroxylation sites is 1. The van der Waals surface area contributed by atoms with Gasteiger partial charge in [0.25, 0.3) is 5.91 Å². The average molecular weight is 553 g/mol. The van der Waals surface area contributed by atoms with E-state index in [-0.39, 0.29) is 18.9 Å². The number of carbonyl (C=O) groups is 3. The Bertz CT molecular complexity index is 1490. The Hall–Kier alpha value is -5.31. The molecule has 0 aliphatic carbocycles. The predicted molar refractivity (Wildman–Crippen MR) is 153 cm³/mol. The van der Waals surface area contributed by atoms with Gasteiger partial charge in [0, 0.05) is 24.3 Å². The molecule has 1 aliphatic heterocycles. The fourth-order valence-corrected chi connectivity index (χ4v) is 4.27. The second-order valence-corrected chi connectivity index (χ2v) is 9.27. The van der Waals surface area contributed by atoms with Gasteiger partial charge in [0.05, 0.1) is 13.0 Å². The maximum atomic E-state index is 12.6. The van der Waals surface area contributed by atoms with Gasteiger partial charge in [0.2, 0.25) is 5.91 Å². The van der Waals surface area contributed by atoms with Crippen molar-refractivity contribution < 1.29 is 33.3 Å². The third-order valence-corrected chi connectivity index (χ3v) is 6.36. The van der Waals surface area contributed by atoms with E-state index in [9.17, 15) is 14.4 Å². The van der Waals surface area contributed by atoms with Crippen LogP contribution < -0.4 is 24.4 Å². The highest BCUT2D eigenvalue weighted by atomic mass is 16.5. The number of carbonyl (C=O) groups excluding carboxylic acids is 3. The molecule has 1 atom stereocenters. The minimum atomic E-state index is -0.667. The van der Waals surface area contributed by atoms with Gasteiger partial charge in [-0.15, -0.1) is 0 Å². The molecule has 0 radical (unpaired) electrons. The van der Waals surface area contributed by atoms with E-state index < -0.39 is 24.4 Å². The average Bonchev–Trinajstić information content (AvgIpc) is 3.40. The van der Waals surface area contributed by atoms with E-state index in [0.29, 0.717) is 34.4 Å². The Morgan fingerprint density at radius 3 is 1.90 bits per heavy atom. The van der Waals surface area contributed by atoms with Gasteiger partial charge < -0.3 is 29.2 Å². The molecule has 208 valence electrons. The molecule has 0 spiro atoms. The zero-order valence-corrected chi connectivity index (χ0v) is 22.3. The normalized spacial score (nSPS) is 14.3. The van der Waals surface area contributed by atoms with Gasteiger partial charge in [0.1, 0.15) is 28.7 Å². The molecule has 41 heavy (non-hydrogen) atoms. The second-order valence-electron chi connectivity index (χ2n) is 9.27. The van der Waals surface area contributed by atoms with Crippen LogP contribution in [0.2, 0.25) is 0 Å². The van der Waals surface area contributed by atoms with Crippen LogP contribution in [0.1, 0.15) is 6.42 Å². The van der Waals surface area contributed by atoms with Gasteiger partial charge in [-0.25, -0.2) is 0 Å². The molecular weight excluding hydrogens is 524 g/mol. The van der Waals surface area contributed by atoms with Crippen molar-refractivity contribution in [2.45, 2.75) is 6.42 Å². The number of methoxy groups -OCH3 is 1. The number of ether oxygens (including phenoxy) is 4. The van der Waals surface area contributed by atoms with E-state index in [1.807, 2.05) is 30.3 Å². The third kappa shape index (κ3) is 7.21. The van der Waals surface area contributed by atoms with Crippen LogP contribution >= 0.6 is 0 Å². The molecule has 2 amide bonds. The highest BCUT2D eigenvalue weighted by molar-refractivity contribution is 6.00. The van der Waals surface area contributed by atoms with Crippen molar-refractivity contribution in [3.05, 3.63) is 103 Å². The topological polar surface area (TPSA) is 103 Å². The van der Waals surface area contributed by atoms with E-state index in [2.05, 4.69) is 5.32 Å². The highest BCUT2D eigenvalue weighted by Gasteiger charge is 2.36. The zero-order chi connectivity index (χ0) is 28.6. The van der Waals surface area contributed by atoms with Gasteiger partial charge in [-0.05, 0) is 84.9 Å².